The molecule has 0 aliphatic rings. The maximum Gasteiger partial charge on any atom is 0.261 e. The molecule has 146 valence electrons. The van der Waals surface area contributed by atoms with Gasteiger partial charge in [0.15, 0.2) is 0 Å². The van der Waals surface area contributed by atoms with Gasteiger partial charge in [-0.3, -0.25) is 9.44 Å². The number of sulfonamides is 2. The lowest BCUT2D eigenvalue weighted by Crippen LogP contribution is -2.15. The minimum absolute atomic E-state index is 0.143. The summed E-state index contributed by atoms with van der Waals surface area (Å²) in [6.07, 6.45) is 0. The van der Waals surface area contributed by atoms with Gasteiger partial charge in [0.1, 0.15) is 0 Å². The zero-order valence-electron chi connectivity index (χ0n) is 15.2. The number of aryl methyl sites for hydroxylation is 1. The van der Waals surface area contributed by atoms with Crippen LogP contribution in [0.15, 0.2) is 83.8 Å². The molecule has 0 fully saturated rings. The zero-order valence-corrected chi connectivity index (χ0v) is 16.8. The van der Waals surface area contributed by atoms with E-state index in [1.54, 1.807) is 36.4 Å². The molecule has 0 aliphatic carbocycles. The molecule has 0 bridgehead atoms. The van der Waals surface area contributed by atoms with Gasteiger partial charge in [-0.2, -0.15) is 0 Å². The van der Waals surface area contributed by atoms with Gasteiger partial charge in [-0.05, 0) is 48.9 Å². The van der Waals surface area contributed by atoms with E-state index in [2.05, 4.69) is 9.44 Å². The Morgan fingerprint density at radius 3 is 1.79 bits per heavy atom. The van der Waals surface area contributed by atoms with Crippen LogP contribution >= 0.6 is 0 Å². The van der Waals surface area contributed by atoms with E-state index in [4.69, 9.17) is 0 Å². The molecular weight excluding hydrogens is 396 g/mol. The zero-order chi connectivity index (χ0) is 20.2. The maximum atomic E-state index is 12.4. The number of hydrogen-bond acceptors (Lipinski definition) is 4. The van der Waals surface area contributed by atoms with Crippen LogP contribution in [0.2, 0.25) is 0 Å². The molecule has 0 saturated carbocycles. The summed E-state index contributed by atoms with van der Waals surface area (Å²) >= 11 is 0. The van der Waals surface area contributed by atoms with Gasteiger partial charge in [0.2, 0.25) is 10.0 Å². The van der Waals surface area contributed by atoms with Crippen LogP contribution in [-0.2, 0) is 25.8 Å². The van der Waals surface area contributed by atoms with Crippen molar-refractivity contribution >= 4 is 31.4 Å². The molecule has 3 aromatic rings. The molecule has 28 heavy (non-hydrogen) atoms. The summed E-state index contributed by atoms with van der Waals surface area (Å²) in [4.78, 5) is 0.158. The standard InChI is InChI=1S/C20H20N2O4S2/c1-16-7-13-20(14-8-16)28(25,26)22-19-11-9-18(10-12-19)21-27(23,24)15-17-5-3-2-4-6-17/h2-14,21-22H,15H2,1H3. The SMILES string of the molecule is Cc1ccc(S(=O)(=O)Nc2ccc(NS(=O)(=O)Cc3ccccc3)cc2)cc1. The Labute approximate surface area is 165 Å². The van der Waals surface area contributed by atoms with Crippen LogP contribution in [0.1, 0.15) is 11.1 Å². The van der Waals surface area contributed by atoms with E-state index in [1.165, 1.54) is 36.4 Å². The van der Waals surface area contributed by atoms with Crippen LogP contribution in [0.4, 0.5) is 11.4 Å². The highest BCUT2D eigenvalue weighted by molar-refractivity contribution is 7.92. The smallest absolute Gasteiger partial charge is 0.261 e. The van der Waals surface area contributed by atoms with Crippen molar-refractivity contribution in [3.8, 4) is 0 Å². The summed E-state index contributed by atoms with van der Waals surface area (Å²) < 4.78 is 54.3. The summed E-state index contributed by atoms with van der Waals surface area (Å²) in [5.74, 6) is -0.143. The number of hydrogen-bond donors (Lipinski definition) is 2. The van der Waals surface area contributed by atoms with Crippen LogP contribution in [0, 0.1) is 6.92 Å². The summed E-state index contributed by atoms with van der Waals surface area (Å²) in [6.45, 7) is 1.88. The third-order valence-electron chi connectivity index (χ3n) is 3.94. The van der Waals surface area contributed by atoms with Crippen molar-refractivity contribution in [1.82, 2.24) is 0 Å². The number of nitrogens with one attached hydrogen (secondary N) is 2. The Hall–Kier alpha value is -2.84. The normalized spacial score (nSPS) is 11.8. The Bertz CT molecular complexity index is 1140. The first kappa shape index (κ1) is 19.9. The molecule has 0 radical (unpaired) electrons. The average molecular weight is 417 g/mol. The fraction of sp³-hybridized carbons (Fsp3) is 0.100. The minimum Gasteiger partial charge on any atom is -0.283 e. The van der Waals surface area contributed by atoms with Gasteiger partial charge in [-0.25, -0.2) is 16.8 Å². The highest BCUT2D eigenvalue weighted by Gasteiger charge is 2.15. The lowest BCUT2D eigenvalue weighted by Gasteiger charge is -2.11. The largest absolute Gasteiger partial charge is 0.283 e. The first-order valence-electron chi connectivity index (χ1n) is 8.47. The number of rotatable bonds is 7. The van der Waals surface area contributed by atoms with Crippen molar-refractivity contribution in [1.29, 1.82) is 0 Å². The summed E-state index contributed by atoms with van der Waals surface area (Å²) in [5, 5.41) is 0. The quantitative estimate of drug-likeness (QED) is 0.614. The van der Waals surface area contributed by atoms with Crippen LogP contribution in [0.3, 0.4) is 0 Å². The van der Waals surface area contributed by atoms with Gasteiger partial charge in [-0.1, -0.05) is 48.0 Å². The highest BCUT2D eigenvalue weighted by atomic mass is 32.2. The van der Waals surface area contributed by atoms with Gasteiger partial charge in [-0.15, -0.1) is 0 Å². The molecule has 6 nitrogen and oxygen atoms in total. The molecule has 2 N–H and O–H groups in total. The van der Waals surface area contributed by atoms with E-state index in [9.17, 15) is 16.8 Å². The van der Waals surface area contributed by atoms with E-state index in [-0.39, 0.29) is 10.6 Å². The van der Waals surface area contributed by atoms with Crippen molar-refractivity contribution in [2.75, 3.05) is 9.44 Å². The Kier molecular flexibility index (Phi) is 5.71. The van der Waals surface area contributed by atoms with Crippen LogP contribution in [0.25, 0.3) is 0 Å². The predicted octanol–water partition coefficient (Wildman–Crippen LogP) is 3.74. The second kappa shape index (κ2) is 8.04. The molecule has 8 heteroatoms. The van der Waals surface area contributed by atoms with Gasteiger partial charge in [0.05, 0.1) is 10.6 Å². The molecule has 3 aromatic carbocycles. The Balaban J connectivity index is 1.68. The lowest BCUT2D eigenvalue weighted by atomic mass is 10.2. The predicted molar refractivity (Wildman–Crippen MR) is 111 cm³/mol. The molecule has 0 heterocycles. The molecule has 0 aliphatic heterocycles. The van der Waals surface area contributed by atoms with Crippen molar-refractivity contribution in [3.63, 3.8) is 0 Å². The first-order chi connectivity index (χ1) is 13.2. The minimum atomic E-state index is -3.71. The van der Waals surface area contributed by atoms with E-state index in [0.29, 0.717) is 16.9 Å². The molecule has 0 spiro atoms. The summed E-state index contributed by atoms with van der Waals surface area (Å²) in [6, 6.07) is 21.4. The molecule has 0 amide bonds. The fourth-order valence-electron chi connectivity index (χ4n) is 2.55. The van der Waals surface area contributed by atoms with Gasteiger partial charge < -0.3 is 0 Å². The number of benzene rings is 3. The van der Waals surface area contributed by atoms with Gasteiger partial charge >= 0.3 is 0 Å². The first-order valence-corrected chi connectivity index (χ1v) is 11.6. The molecule has 3 rings (SSSR count). The second-order valence-corrected chi connectivity index (χ2v) is 9.75. The van der Waals surface area contributed by atoms with Crippen molar-refractivity contribution < 1.29 is 16.8 Å². The molecular formula is C20H20N2O4S2. The molecule has 0 atom stereocenters. The topological polar surface area (TPSA) is 92.3 Å². The molecule has 0 unspecified atom stereocenters. The van der Waals surface area contributed by atoms with Crippen LogP contribution < -0.4 is 9.44 Å². The van der Waals surface area contributed by atoms with E-state index >= 15 is 0 Å². The third-order valence-corrected chi connectivity index (χ3v) is 6.60. The summed E-state index contributed by atoms with van der Waals surface area (Å²) in [7, 11) is -7.28. The highest BCUT2D eigenvalue weighted by Crippen LogP contribution is 2.20. The summed E-state index contributed by atoms with van der Waals surface area (Å²) in [5.41, 5.74) is 2.34. The van der Waals surface area contributed by atoms with Gasteiger partial charge in [0.25, 0.3) is 10.0 Å². The van der Waals surface area contributed by atoms with Crippen LogP contribution in [-0.4, -0.2) is 16.8 Å². The van der Waals surface area contributed by atoms with Gasteiger partial charge in [0, 0.05) is 11.4 Å². The Morgan fingerprint density at radius 1 is 0.679 bits per heavy atom. The number of anilines is 2. The maximum absolute atomic E-state index is 12.4. The van der Waals surface area contributed by atoms with E-state index in [0.717, 1.165) is 5.56 Å². The monoisotopic (exact) mass is 416 g/mol. The van der Waals surface area contributed by atoms with E-state index in [1.807, 2.05) is 13.0 Å². The van der Waals surface area contributed by atoms with Crippen LogP contribution in [0.5, 0.6) is 0 Å². The van der Waals surface area contributed by atoms with Crippen molar-refractivity contribution in [3.05, 3.63) is 90.0 Å². The fourth-order valence-corrected chi connectivity index (χ4v) is 4.80. The molecule has 0 saturated heterocycles. The molecule has 0 aromatic heterocycles. The van der Waals surface area contributed by atoms with Crippen molar-refractivity contribution in [2.45, 2.75) is 17.6 Å². The Morgan fingerprint density at radius 2 is 1.21 bits per heavy atom. The lowest BCUT2D eigenvalue weighted by molar-refractivity contribution is 0.599. The second-order valence-electron chi connectivity index (χ2n) is 6.34. The average Bonchev–Trinajstić information content (AvgIpc) is 2.64. The third kappa shape index (κ3) is 5.34. The van der Waals surface area contributed by atoms with E-state index < -0.39 is 20.0 Å². The van der Waals surface area contributed by atoms with Crippen molar-refractivity contribution in [2.24, 2.45) is 0 Å².